The molecule has 3 rings (SSSR count). The quantitative estimate of drug-likeness (QED) is 0.636. The fourth-order valence-electron chi connectivity index (χ4n) is 1.82. The van der Waals surface area contributed by atoms with Crippen molar-refractivity contribution < 1.29 is 9.52 Å². The first-order valence-electron chi connectivity index (χ1n) is 4.65. The van der Waals surface area contributed by atoms with Crippen LogP contribution in [0.1, 0.15) is 0 Å². The summed E-state index contributed by atoms with van der Waals surface area (Å²) in [6.45, 7) is 0. The smallest absolute Gasteiger partial charge is 0.140 e. The van der Waals surface area contributed by atoms with Crippen molar-refractivity contribution in [2.24, 2.45) is 0 Å². The predicted octanol–water partition coefficient (Wildman–Crippen LogP) is 4.82. The molecule has 0 saturated heterocycles. The number of hydrogen-bond donors (Lipinski definition) is 1. The van der Waals surface area contributed by atoms with Crippen LogP contribution in [0.15, 0.2) is 43.7 Å². The fourth-order valence-corrected chi connectivity index (χ4v) is 2.59. The summed E-state index contributed by atoms with van der Waals surface area (Å²) in [7, 11) is 0. The molecule has 0 amide bonds. The van der Waals surface area contributed by atoms with Gasteiger partial charge in [0, 0.05) is 14.3 Å². The Balaban J connectivity index is 2.56. The van der Waals surface area contributed by atoms with Crippen LogP contribution in [0.3, 0.4) is 0 Å². The lowest BCUT2D eigenvalue weighted by Crippen LogP contribution is -1.70. The largest absolute Gasteiger partial charge is 0.507 e. The van der Waals surface area contributed by atoms with Crippen molar-refractivity contribution in [3.8, 4) is 5.75 Å². The van der Waals surface area contributed by atoms with Crippen LogP contribution in [0.25, 0.3) is 21.9 Å². The van der Waals surface area contributed by atoms with Crippen molar-refractivity contribution in [2.45, 2.75) is 0 Å². The second-order valence-electron chi connectivity index (χ2n) is 3.54. The number of fused-ring (bicyclic) bond motifs is 3. The van der Waals surface area contributed by atoms with Gasteiger partial charge in [0.05, 0.1) is 5.39 Å². The van der Waals surface area contributed by atoms with Crippen LogP contribution in [0.5, 0.6) is 5.75 Å². The molecule has 0 spiro atoms. The van der Waals surface area contributed by atoms with Crippen molar-refractivity contribution in [3.63, 3.8) is 0 Å². The molecule has 0 bridgehead atoms. The number of aromatic hydroxyl groups is 1. The maximum atomic E-state index is 9.91. The third kappa shape index (κ3) is 1.44. The molecule has 2 nitrogen and oxygen atoms in total. The van der Waals surface area contributed by atoms with E-state index in [1.807, 2.05) is 24.3 Å². The lowest BCUT2D eigenvalue weighted by Gasteiger charge is -1.95. The molecule has 16 heavy (non-hydrogen) atoms. The summed E-state index contributed by atoms with van der Waals surface area (Å²) in [5.41, 5.74) is 1.44. The van der Waals surface area contributed by atoms with Crippen molar-refractivity contribution >= 4 is 53.8 Å². The third-order valence-electron chi connectivity index (χ3n) is 2.48. The van der Waals surface area contributed by atoms with Gasteiger partial charge in [-0.05, 0) is 30.3 Å². The van der Waals surface area contributed by atoms with Gasteiger partial charge in [-0.3, -0.25) is 0 Å². The molecule has 4 heteroatoms. The Labute approximate surface area is 108 Å². The first-order valence-corrected chi connectivity index (χ1v) is 6.24. The van der Waals surface area contributed by atoms with E-state index < -0.39 is 0 Å². The summed E-state index contributed by atoms with van der Waals surface area (Å²) in [5.74, 6) is 0.227. The van der Waals surface area contributed by atoms with E-state index in [1.54, 1.807) is 6.07 Å². The molecule has 1 N–H and O–H groups in total. The van der Waals surface area contributed by atoms with E-state index in [4.69, 9.17) is 4.42 Å². The van der Waals surface area contributed by atoms with Crippen LogP contribution < -0.4 is 0 Å². The van der Waals surface area contributed by atoms with Gasteiger partial charge < -0.3 is 9.52 Å². The topological polar surface area (TPSA) is 33.4 Å². The van der Waals surface area contributed by atoms with E-state index in [0.717, 1.165) is 25.3 Å². The summed E-state index contributed by atoms with van der Waals surface area (Å²) >= 11 is 6.72. The minimum absolute atomic E-state index is 0.227. The molecule has 1 aromatic heterocycles. The van der Waals surface area contributed by atoms with E-state index >= 15 is 0 Å². The second kappa shape index (κ2) is 3.50. The highest BCUT2D eigenvalue weighted by Gasteiger charge is 2.11. The number of hydrogen-bond acceptors (Lipinski definition) is 2. The normalized spacial score (nSPS) is 11.4. The van der Waals surface area contributed by atoms with Gasteiger partial charge >= 0.3 is 0 Å². The minimum atomic E-state index is 0.227. The summed E-state index contributed by atoms with van der Waals surface area (Å²) in [5, 5.41) is 11.6. The van der Waals surface area contributed by atoms with E-state index in [-0.39, 0.29) is 5.75 Å². The van der Waals surface area contributed by atoms with Crippen LogP contribution in [0, 0.1) is 0 Å². The molecule has 0 radical (unpaired) electrons. The predicted molar refractivity (Wildman–Crippen MR) is 70.8 cm³/mol. The van der Waals surface area contributed by atoms with Crippen molar-refractivity contribution in [1.29, 1.82) is 0 Å². The van der Waals surface area contributed by atoms with E-state index in [2.05, 4.69) is 31.9 Å². The average Bonchev–Trinajstić information content (AvgIpc) is 2.54. The van der Waals surface area contributed by atoms with Gasteiger partial charge in [-0.15, -0.1) is 0 Å². The van der Waals surface area contributed by atoms with Gasteiger partial charge in [0.2, 0.25) is 0 Å². The zero-order valence-corrected chi connectivity index (χ0v) is 11.2. The maximum Gasteiger partial charge on any atom is 0.140 e. The Morgan fingerprint density at radius 2 is 1.69 bits per heavy atom. The lowest BCUT2D eigenvalue weighted by molar-refractivity contribution is 0.481. The molecule has 2 aromatic carbocycles. The minimum Gasteiger partial charge on any atom is -0.507 e. The highest BCUT2D eigenvalue weighted by molar-refractivity contribution is 9.10. The molecule has 80 valence electrons. The Kier molecular flexibility index (Phi) is 2.23. The summed E-state index contributed by atoms with van der Waals surface area (Å²) < 4.78 is 7.43. The monoisotopic (exact) mass is 340 g/mol. The molecule has 0 aliphatic heterocycles. The number of rotatable bonds is 0. The van der Waals surface area contributed by atoms with Gasteiger partial charge in [0.15, 0.2) is 0 Å². The number of furan rings is 1. The first kappa shape index (κ1) is 10.2. The van der Waals surface area contributed by atoms with E-state index in [1.165, 1.54) is 0 Å². The van der Waals surface area contributed by atoms with Gasteiger partial charge in [0.25, 0.3) is 0 Å². The molecular weight excluding hydrogens is 336 g/mol. The van der Waals surface area contributed by atoms with E-state index in [9.17, 15) is 5.11 Å². The fraction of sp³-hybridized carbons (Fsp3) is 0. The second-order valence-corrected chi connectivity index (χ2v) is 5.37. The van der Waals surface area contributed by atoms with Gasteiger partial charge in [-0.25, -0.2) is 0 Å². The molecule has 0 atom stereocenters. The number of halogens is 2. The summed E-state index contributed by atoms with van der Waals surface area (Å²) in [4.78, 5) is 0. The van der Waals surface area contributed by atoms with Crippen LogP contribution in [-0.4, -0.2) is 5.11 Å². The average molecular weight is 342 g/mol. The molecule has 3 aromatic rings. The molecule has 0 saturated carbocycles. The standard InChI is InChI=1S/C12H6Br2O2/c13-6-1-2-8-10(4-6)16-11-5-7(14)3-9(15)12(8)11/h1-5,15H. The number of benzene rings is 2. The molecule has 0 unspecified atom stereocenters. The van der Waals surface area contributed by atoms with Crippen LogP contribution in [-0.2, 0) is 0 Å². The Morgan fingerprint density at radius 1 is 0.938 bits per heavy atom. The molecule has 1 heterocycles. The maximum absolute atomic E-state index is 9.91. The first-order chi connectivity index (χ1) is 7.65. The molecular formula is C12H6Br2O2. The van der Waals surface area contributed by atoms with Crippen LogP contribution in [0.4, 0.5) is 0 Å². The van der Waals surface area contributed by atoms with Gasteiger partial charge in [-0.1, -0.05) is 31.9 Å². The number of phenolic OH excluding ortho intramolecular Hbond substituents is 1. The SMILES string of the molecule is Oc1cc(Br)cc2oc3cc(Br)ccc3c12. The van der Waals surface area contributed by atoms with Crippen LogP contribution in [0.2, 0.25) is 0 Å². The summed E-state index contributed by atoms with van der Waals surface area (Å²) in [6.07, 6.45) is 0. The molecule has 0 aliphatic carbocycles. The Bertz CT molecular complexity index is 701. The van der Waals surface area contributed by atoms with Crippen molar-refractivity contribution in [1.82, 2.24) is 0 Å². The highest BCUT2D eigenvalue weighted by atomic mass is 79.9. The summed E-state index contributed by atoms with van der Waals surface area (Å²) in [6, 6.07) is 9.27. The molecule has 0 fully saturated rings. The molecule has 0 aliphatic rings. The zero-order chi connectivity index (χ0) is 11.3. The van der Waals surface area contributed by atoms with E-state index in [0.29, 0.717) is 5.58 Å². The Morgan fingerprint density at radius 3 is 2.50 bits per heavy atom. The van der Waals surface area contributed by atoms with Gasteiger partial charge in [0.1, 0.15) is 16.9 Å². The third-order valence-corrected chi connectivity index (χ3v) is 3.43. The lowest BCUT2D eigenvalue weighted by atomic mass is 10.1. The van der Waals surface area contributed by atoms with Crippen LogP contribution >= 0.6 is 31.9 Å². The number of phenols is 1. The highest BCUT2D eigenvalue weighted by Crippen LogP contribution is 2.37. The Hall–Kier alpha value is -1.00. The zero-order valence-electron chi connectivity index (χ0n) is 8.00. The van der Waals surface area contributed by atoms with Crippen molar-refractivity contribution in [3.05, 3.63) is 39.3 Å². The van der Waals surface area contributed by atoms with Crippen molar-refractivity contribution in [2.75, 3.05) is 0 Å². The van der Waals surface area contributed by atoms with Gasteiger partial charge in [-0.2, -0.15) is 0 Å².